The average Bonchev–Trinajstić information content (AvgIpc) is 1.98. The number of aryl methyl sites for hydroxylation is 2. The summed E-state index contributed by atoms with van der Waals surface area (Å²) in [6.07, 6.45) is 1.88. The van der Waals surface area contributed by atoms with Crippen LogP contribution in [0.15, 0.2) is 12.3 Å². The quantitative estimate of drug-likeness (QED) is 0.643. The van der Waals surface area contributed by atoms with Gasteiger partial charge in [0.05, 0.1) is 12.3 Å². The molecule has 60 valence electrons. The zero-order valence-corrected chi connectivity index (χ0v) is 7.22. The van der Waals surface area contributed by atoms with Gasteiger partial charge in [0.25, 0.3) is 0 Å². The highest BCUT2D eigenvalue weighted by molar-refractivity contribution is 5.23. The molecule has 0 aliphatic carbocycles. The predicted octanol–water partition coefficient (Wildman–Crippen LogP) is 1.84. The Labute approximate surface area is 67.2 Å². The Morgan fingerprint density at radius 2 is 2.09 bits per heavy atom. The topological polar surface area (TPSA) is 22.1 Å². The third-order valence-electron chi connectivity index (χ3n) is 1.72. The maximum atomic E-state index is 4.96. The molecule has 1 rings (SSSR count). The molecule has 0 spiro atoms. The van der Waals surface area contributed by atoms with Gasteiger partial charge in [0.15, 0.2) is 0 Å². The second-order valence-electron chi connectivity index (χ2n) is 2.69. The number of aromatic nitrogens is 1. The zero-order chi connectivity index (χ0) is 8.27. The lowest BCUT2D eigenvalue weighted by Gasteiger charge is -2.02. The summed E-state index contributed by atoms with van der Waals surface area (Å²) in [6.45, 7) is 4.73. The molecule has 0 aliphatic heterocycles. The van der Waals surface area contributed by atoms with E-state index < -0.39 is 0 Å². The summed E-state index contributed by atoms with van der Waals surface area (Å²) in [4.78, 5) is 4.20. The molecule has 2 nitrogen and oxygen atoms in total. The number of methoxy groups -OCH3 is 1. The van der Waals surface area contributed by atoms with Crippen LogP contribution in [0.3, 0.4) is 0 Å². The fourth-order valence-electron chi connectivity index (χ4n) is 0.909. The van der Waals surface area contributed by atoms with Crippen molar-refractivity contribution < 1.29 is 4.74 Å². The third kappa shape index (κ3) is 2.02. The standard InChI is InChI=1S/C9H13NO/c1-7-4-9(6-11-3)10-5-8(7)2/h4-5H,6H2,1-3H3. The Kier molecular flexibility index (Phi) is 2.60. The number of nitrogens with zero attached hydrogens (tertiary/aromatic N) is 1. The normalized spacial score (nSPS) is 10.1. The lowest BCUT2D eigenvalue weighted by Crippen LogP contribution is -1.93. The molecule has 0 atom stereocenters. The van der Waals surface area contributed by atoms with E-state index >= 15 is 0 Å². The van der Waals surface area contributed by atoms with Crippen LogP contribution in [0.4, 0.5) is 0 Å². The second kappa shape index (κ2) is 3.49. The molecular weight excluding hydrogens is 138 g/mol. The molecule has 0 aromatic carbocycles. The van der Waals surface area contributed by atoms with Crippen LogP contribution in [0.25, 0.3) is 0 Å². The van der Waals surface area contributed by atoms with Gasteiger partial charge in [-0.25, -0.2) is 0 Å². The third-order valence-corrected chi connectivity index (χ3v) is 1.72. The molecule has 0 saturated heterocycles. The summed E-state index contributed by atoms with van der Waals surface area (Å²) in [5.74, 6) is 0. The van der Waals surface area contributed by atoms with E-state index in [0.29, 0.717) is 6.61 Å². The van der Waals surface area contributed by atoms with Crippen LogP contribution in [0, 0.1) is 13.8 Å². The van der Waals surface area contributed by atoms with Crippen molar-refractivity contribution in [2.45, 2.75) is 20.5 Å². The fourth-order valence-corrected chi connectivity index (χ4v) is 0.909. The minimum atomic E-state index is 0.598. The van der Waals surface area contributed by atoms with Gasteiger partial charge in [0.1, 0.15) is 0 Å². The molecule has 1 aromatic heterocycles. The Bertz CT molecular complexity index is 245. The average molecular weight is 151 g/mol. The summed E-state index contributed by atoms with van der Waals surface area (Å²) >= 11 is 0. The fraction of sp³-hybridized carbons (Fsp3) is 0.444. The van der Waals surface area contributed by atoms with E-state index in [0.717, 1.165) is 5.69 Å². The highest BCUT2D eigenvalue weighted by atomic mass is 16.5. The monoisotopic (exact) mass is 151 g/mol. The molecule has 0 unspecified atom stereocenters. The predicted molar refractivity (Wildman–Crippen MR) is 44.4 cm³/mol. The minimum absolute atomic E-state index is 0.598. The lowest BCUT2D eigenvalue weighted by atomic mass is 10.1. The molecular formula is C9H13NO. The molecule has 11 heavy (non-hydrogen) atoms. The number of hydrogen-bond acceptors (Lipinski definition) is 2. The van der Waals surface area contributed by atoms with E-state index in [9.17, 15) is 0 Å². The van der Waals surface area contributed by atoms with Crippen molar-refractivity contribution in [2.75, 3.05) is 7.11 Å². The summed E-state index contributed by atoms with van der Waals surface area (Å²) in [7, 11) is 1.68. The van der Waals surface area contributed by atoms with Crippen molar-refractivity contribution in [1.82, 2.24) is 4.98 Å². The number of rotatable bonds is 2. The van der Waals surface area contributed by atoms with Crippen molar-refractivity contribution >= 4 is 0 Å². The smallest absolute Gasteiger partial charge is 0.0884 e. The molecule has 0 saturated carbocycles. The molecule has 0 amide bonds. The molecule has 0 aliphatic rings. The van der Waals surface area contributed by atoms with Gasteiger partial charge < -0.3 is 4.74 Å². The van der Waals surface area contributed by atoms with E-state index in [1.54, 1.807) is 7.11 Å². The molecule has 0 fully saturated rings. The molecule has 2 heteroatoms. The van der Waals surface area contributed by atoms with Gasteiger partial charge >= 0.3 is 0 Å². The van der Waals surface area contributed by atoms with Crippen molar-refractivity contribution in [1.29, 1.82) is 0 Å². The van der Waals surface area contributed by atoms with Crippen LogP contribution in [-0.2, 0) is 11.3 Å². The van der Waals surface area contributed by atoms with Crippen molar-refractivity contribution in [3.63, 3.8) is 0 Å². The van der Waals surface area contributed by atoms with Gasteiger partial charge in [-0.05, 0) is 31.0 Å². The van der Waals surface area contributed by atoms with Crippen molar-refractivity contribution in [3.8, 4) is 0 Å². The first-order chi connectivity index (χ1) is 5.24. The van der Waals surface area contributed by atoms with Crippen LogP contribution in [0.2, 0.25) is 0 Å². The summed E-state index contributed by atoms with van der Waals surface area (Å²) in [5, 5.41) is 0. The maximum absolute atomic E-state index is 4.96. The van der Waals surface area contributed by atoms with Gasteiger partial charge in [0, 0.05) is 13.3 Å². The van der Waals surface area contributed by atoms with Crippen LogP contribution >= 0.6 is 0 Å². The first-order valence-electron chi connectivity index (χ1n) is 3.65. The van der Waals surface area contributed by atoms with E-state index in [4.69, 9.17) is 4.74 Å². The molecule has 1 heterocycles. The first-order valence-corrected chi connectivity index (χ1v) is 3.65. The largest absolute Gasteiger partial charge is 0.378 e. The maximum Gasteiger partial charge on any atom is 0.0884 e. The van der Waals surface area contributed by atoms with Crippen LogP contribution < -0.4 is 0 Å². The lowest BCUT2D eigenvalue weighted by molar-refractivity contribution is 0.181. The van der Waals surface area contributed by atoms with Crippen LogP contribution in [0.5, 0.6) is 0 Å². The van der Waals surface area contributed by atoms with Gasteiger partial charge in [-0.15, -0.1) is 0 Å². The Hall–Kier alpha value is -0.890. The molecule has 1 aromatic rings. The molecule has 0 bridgehead atoms. The van der Waals surface area contributed by atoms with Gasteiger partial charge in [0.2, 0.25) is 0 Å². The van der Waals surface area contributed by atoms with E-state index in [-0.39, 0.29) is 0 Å². The van der Waals surface area contributed by atoms with Crippen molar-refractivity contribution in [2.24, 2.45) is 0 Å². The number of ether oxygens (including phenoxy) is 1. The summed E-state index contributed by atoms with van der Waals surface area (Å²) in [5.41, 5.74) is 3.49. The molecule has 0 radical (unpaired) electrons. The zero-order valence-electron chi connectivity index (χ0n) is 7.22. The highest BCUT2D eigenvalue weighted by Gasteiger charge is 1.95. The van der Waals surface area contributed by atoms with Crippen LogP contribution in [0.1, 0.15) is 16.8 Å². The summed E-state index contributed by atoms with van der Waals surface area (Å²) < 4.78 is 4.96. The van der Waals surface area contributed by atoms with E-state index in [2.05, 4.69) is 24.9 Å². The minimum Gasteiger partial charge on any atom is -0.378 e. The summed E-state index contributed by atoms with van der Waals surface area (Å²) in [6, 6.07) is 2.05. The van der Waals surface area contributed by atoms with E-state index in [1.807, 2.05) is 6.20 Å². The number of pyridine rings is 1. The van der Waals surface area contributed by atoms with Crippen LogP contribution in [-0.4, -0.2) is 12.1 Å². The van der Waals surface area contributed by atoms with Gasteiger partial charge in [-0.3, -0.25) is 4.98 Å². The van der Waals surface area contributed by atoms with Gasteiger partial charge in [-0.2, -0.15) is 0 Å². The Balaban J connectivity index is 2.86. The van der Waals surface area contributed by atoms with Crippen molar-refractivity contribution in [3.05, 3.63) is 29.1 Å². The first kappa shape index (κ1) is 8.21. The van der Waals surface area contributed by atoms with Gasteiger partial charge in [-0.1, -0.05) is 0 Å². The highest BCUT2D eigenvalue weighted by Crippen LogP contribution is 2.06. The Morgan fingerprint density at radius 1 is 1.36 bits per heavy atom. The SMILES string of the molecule is COCc1cc(C)c(C)cn1. The van der Waals surface area contributed by atoms with E-state index in [1.165, 1.54) is 11.1 Å². The molecule has 0 N–H and O–H groups in total. The Morgan fingerprint density at radius 3 is 2.64 bits per heavy atom. The second-order valence-corrected chi connectivity index (χ2v) is 2.69. The number of hydrogen-bond donors (Lipinski definition) is 0.